The second-order valence-electron chi connectivity index (χ2n) is 5.54. The van der Waals surface area contributed by atoms with Crippen molar-refractivity contribution in [2.45, 2.75) is 0 Å². The van der Waals surface area contributed by atoms with Gasteiger partial charge in [-0.2, -0.15) is 0 Å². The lowest BCUT2D eigenvalue weighted by molar-refractivity contribution is 0.104. The summed E-state index contributed by atoms with van der Waals surface area (Å²) in [5.74, 6) is 0.170. The van der Waals surface area contributed by atoms with Crippen LogP contribution in [0.1, 0.15) is 15.9 Å². The van der Waals surface area contributed by atoms with E-state index in [1.54, 1.807) is 48.5 Å². The van der Waals surface area contributed by atoms with Gasteiger partial charge in [0, 0.05) is 5.39 Å². The highest BCUT2D eigenvalue weighted by molar-refractivity contribution is 6.11. The SMILES string of the molecule is COc1ccc(/C=C/C(=O)c2c(O)c3ccccc3[nH]c2=O)cc1OC. The fourth-order valence-electron chi connectivity index (χ4n) is 2.67. The monoisotopic (exact) mass is 351 g/mol. The molecule has 0 saturated carbocycles. The molecule has 26 heavy (non-hydrogen) atoms. The molecule has 132 valence electrons. The van der Waals surface area contributed by atoms with Crippen LogP contribution in [0.5, 0.6) is 17.2 Å². The van der Waals surface area contributed by atoms with E-state index in [4.69, 9.17) is 9.47 Å². The van der Waals surface area contributed by atoms with E-state index in [0.717, 1.165) is 0 Å². The molecule has 0 amide bonds. The first-order chi connectivity index (χ1) is 12.5. The molecule has 3 aromatic rings. The Labute approximate surface area is 149 Å². The summed E-state index contributed by atoms with van der Waals surface area (Å²) in [6, 6.07) is 11.9. The molecule has 0 aliphatic rings. The number of aromatic amines is 1. The van der Waals surface area contributed by atoms with Crippen molar-refractivity contribution in [2.24, 2.45) is 0 Å². The topological polar surface area (TPSA) is 88.6 Å². The molecular weight excluding hydrogens is 334 g/mol. The predicted molar refractivity (Wildman–Crippen MR) is 99.1 cm³/mol. The Morgan fingerprint density at radius 2 is 1.81 bits per heavy atom. The first-order valence-corrected chi connectivity index (χ1v) is 7.83. The number of carbonyl (C=O) groups excluding carboxylic acids is 1. The van der Waals surface area contributed by atoms with Gasteiger partial charge < -0.3 is 19.6 Å². The molecule has 6 nitrogen and oxygen atoms in total. The summed E-state index contributed by atoms with van der Waals surface area (Å²) in [5, 5.41) is 10.7. The Balaban J connectivity index is 1.97. The number of fused-ring (bicyclic) bond motifs is 1. The minimum Gasteiger partial charge on any atom is -0.506 e. The van der Waals surface area contributed by atoms with Crippen LogP contribution in [-0.2, 0) is 0 Å². The minimum atomic E-state index is -0.636. The van der Waals surface area contributed by atoms with Crippen LogP contribution in [0.25, 0.3) is 17.0 Å². The molecule has 1 heterocycles. The number of pyridine rings is 1. The fraction of sp³-hybridized carbons (Fsp3) is 0.100. The Kier molecular flexibility index (Phi) is 4.75. The van der Waals surface area contributed by atoms with Crippen molar-refractivity contribution in [3.8, 4) is 17.2 Å². The number of aromatic nitrogens is 1. The van der Waals surface area contributed by atoms with Gasteiger partial charge in [-0.25, -0.2) is 0 Å². The van der Waals surface area contributed by atoms with Gasteiger partial charge in [0.2, 0.25) is 0 Å². The molecule has 0 saturated heterocycles. The molecule has 0 spiro atoms. The zero-order chi connectivity index (χ0) is 18.7. The first kappa shape index (κ1) is 17.3. The highest BCUT2D eigenvalue weighted by Gasteiger charge is 2.16. The summed E-state index contributed by atoms with van der Waals surface area (Å²) >= 11 is 0. The highest BCUT2D eigenvalue weighted by atomic mass is 16.5. The summed E-state index contributed by atoms with van der Waals surface area (Å²) in [6.45, 7) is 0. The summed E-state index contributed by atoms with van der Waals surface area (Å²) in [7, 11) is 3.05. The molecule has 0 radical (unpaired) electrons. The zero-order valence-electron chi connectivity index (χ0n) is 14.3. The number of benzene rings is 2. The third-order valence-electron chi connectivity index (χ3n) is 3.98. The van der Waals surface area contributed by atoms with Gasteiger partial charge in [-0.15, -0.1) is 0 Å². The molecule has 0 unspecified atom stereocenters. The molecule has 2 N–H and O–H groups in total. The van der Waals surface area contributed by atoms with Crippen molar-refractivity contribution >= 4 is 22.8 Å². The lowest BCUT2D eigenvalue weighted by Crippen LogP contribution is -2.16. The Morgan fingerprint density at radius 1 is 1.08 bits per heavy atom. The smallest absolute Gasteiger partial charge is 0.263 e. The van der Waals surface area contributed by atoms with Gasteiger partial charge in [0.15, 0.2) is 17.3 Å². The van der Waals surface area contributed by atoms with Gasteiger partial charge in [0.1, 0.15) is 11.3 Å². The Hall–Kier alpha value is -3.54. The zero-order valence-corrected chi connectivity index (χ0v) is 14.3. The summed E-state index contributed by atoms with van der Waals surface area (Å²) in [4.78, 5) is 27.2. The third-order valence-corrected chi connectivity index (χ3v) is 3.98. The average molecular weight is 351 g/mol. The van der Waals surface area contributed by atoms with Gasteiger partial charge in [-0.3, -0.25) is 9.59 Å². The summed E-state index contributed by atoms with van der Waals surface area (Å²) in [6.07, 6.45) is 2.78. The van der Waals surface area contributed by atoms with Crippen LogP contribution >= 0.6 is 0 Å². The number of carbonyl (C=O) groups is 1. The van der Waals surface area contributed by atoms with E-state index in [2.05, 4.69) is 4.98 Å². The van der Waals surface area contributed by atoms with Crippen LogP contribution < -0.4 is 15.0 Å². The number of ether oxygens (including phenoxy) is 2. The number of H-pyrrole nitrogens is 1. The number of methoxy groups -OCH3 is 2. The highest BCUT2D eigenvalue weighted by Crippen LogP contribution is 2.28. The average Bonchev–Trinajstić information content (AvgIpc) is 2.66. The maximum absolute atomic E-state index is 12.5. The molecule has 0 fully saturated rings. The van der Waals surface area contributed by atoms with E-state index in [1.165, 1.54) is 20.3 Å². The third kappa shape index (κ3) is 3.17. The van der Waals surface area contributed by atoms with Crippen LogP contribution in [0.15, 0.2) is 53.3 Å². The molecule has 3 rings (SSSR count). The van der Waals surface area contributed by atoms with Gasteiger partial charge in [0.25, 0.3) is 5.56 Å². The number of hydrogen-bond donors (Lipinski definition) is 2. The maximum atomic E-state index is 12.5. The van der Waals surface area contributed by atoms with Crippen molar-refractivity contribution in [1.82, 2.24) is 4.98 Å². The van der Waals surface area contributed by atoms with E-state index in [9.17, 15) is 14.7 Å². The van der Waals surface area contributed by atoms with Gasteiger partial charge >= 0.3 is 0 Å². The normalized spacial score (nSPS) is 11.0. The number of nitrogens with one attached hydrogen (secondary N) is 1. The van der Waals surface area contributed by atoms with Crippen LogP contribution in [0.3, 0.4) is 0 Å². The minimum absolute atomic E-state index is 0.291. The van der Waals surface area contributed by atoms with Gasteiger partial charge in [-0.1, -0.05) is 24.3 Å². The molecule has 0 bridgehead atoms. The van der Waals surface area contributed by atoms with Crippen molar-refractivity contribution in [2.75, 3.05) is 14.2 Å². The Bertz CT molecular complexity index is 1070. The fourth-order valence-corrected chi connectivity index (χ4v) is 2.67. The first-order valence-electron chi connectivity index (χ1n) is 7.83. The second-order valence-corrected chi connectivity index (χ2v) is 5.54. The second kappa shape index (κ2) is 7.14. The van der Waals surface area contributed by atoms with E-state index in [0.29, 0.717) is 28.0 Å². The van der Waals surface area contributed by atoms with E-state index >= 15 is 0 Å². The van der Waals surface area contributed by atoms with Crippen molar-refractivity contribution in [3.05, 3.63) is 70.0 Å². The van der Waals surface area contributed by atoms with Gasteiger partial charge in [0.05, 0.1) is 19.7 Å². The number of rotatable bonds is 5. The quantitative estimate of drug-likeness (QED) is 0.544. The lowest BCUT2D eigenvalue weighted by Gasteiger charge is -2.07. The predicted octanol–water partition coefficient (Wildman–Crippen LogP) is 3.15. The number of allylic oxidation sites excluding steroid dienone is 1. The van der Waals surface area contributed by atoms with Gasteiger partial charge in [-0.05, 0) is 35.9 Å². The molecular formula is C20H17NO5. The summed E-state index contributed by atoms with van der Waals surface area (Å²) < 4.78 is 10.4. The number of ketones is 1. The van der Waals surface area contributed by atoms with Crippen LogP contribution in [-0.4, -0.2) is 30.1 Å². The lowest BCUT2D eigenvalue weighted by atomic mass is 10.1. The molecule has 0 aliphatic carbocycles. The Morgan fingerprint density at radius 3 is 2.54 bits per heavy atom. The number of para-hydroxylation sites is 1. The van der Waals surface area contributed by atoms with E-state index in [1.807, 2.05) is 0 Å². The van der Waals surface area contributed by atoms with Crippen LogP contribution in [0, 0.1) is 0 Å². The summed E-state index contributed by atoms with van der Waals surface area (Å²) in [5.41, 5.74) is 0.228. The molecule has 6 heteroatoms. The molecule has 0 aliphatic heterocycles. The molecule has 0 atom stereocenters. The molecule has 2 aromatic carbocycles. The van der Waals surface area contributed by atoms with E-state index in [-0.39, 0.29) is 11.3 Å². The maximum Gasteiger partial charge on any atom is 0.263 e. The number of hydrogen-bond acceptors (Lipinski definition) is 5. The van der Waals surface area contributed by atoms with Crippen molar-refractivity contribution in [3.63, 3.8) is 0 Å². The van der Waals surface area contributed by atoms with Crippen LogP contribution in [0.4, 0.5) is 0 Å². The standard InChI is InChI=1S/C20H17NO5/c1-25-16-10-8-12(11-17(16)26-2)7-9-15(22)18-19(23)13-5-3-4-6-14(13)21-20(18)24/h3-11H,1-2H3,(H2,21,23,24)/b9-7+. The van der Waals surface area contributed by atoms with Crippen molar-refractivity contribution < 1.29 is 19.4 Å². The largest absolute Gasteiger partial charge is 0.506 e. The van der Waals surface area contributed by atoms with Crippen molar-refractivity contribution in [1.29, 1.82) is 0 Å². The van der Waals surface area contributed by atoms with E-state index < -0.39 is 11.3 Å². The molecule has 1 aromatic heterocycles. The van der Waals surface area contributed by atoms with Crippen LogP contribution in [0.2, 0.25) is 0 Å². The number of aromatic hydroxyl groups is 1.